The number of benzene rings is 2. The van der Waals surface area contributed by atoms with Gasteiger partial charge in [-0.3, -0.25) is 9.69 Å². The fourth-order valence-corrected chi connectivity index (χ4v) is 2.96. The quantitative estimate of drug-likeness (QED) is 0.817. The molecule has 1 saturated heterocycles. The third-order valence-corrected chi connectivity index (χ3v) is 4.27. The monoisotopic (exact) mass is 382 g/mol. The van der Waals surface area contributed by atoms with Crippen molar-refractivity contribution in [3.05, 3.63) is 65.5 Å². The zero-order chi connectivity index (χ0) is 19.4. The van der Waals surface area contributed by atoms with Crippen LogP contribution >= 0.6 is 0 Å². The van der Waals surface area contributed by atoms with Crippen molar-refractivity contribution in [2.45, 2.75) is 12.3 Å². The highest BCUT2D eigenvalue weighted by atomic mass is 19.4. The van der Waals surface area contributed by atoms with E-state index in [1.807, 2.05) is 0 Å². The minimum Gasteiger partial charge on any atom is -0.371 e. The molecule has 0 spiro atoms. The van der Waals surface area contributed by atoms with Gasteiger partial charge in [-0.15, -0.1) is 0 Å². The molecule has 0 bridgehead atoms. The van der Waals surface area contributed by atoms with Gasteiger partial charge < -0.3 is 10.1 Å². The molecule has 1 amide bonds. The number of para-hydroxylation sites is 1. The molecule has 1 aliphatic heterocycles. The average Bonchev–Trinajstić information content (AvgIpc) is 2.62. The molecule has 0 aromatic heterocycles. The molecular weight excluding hydrogens is 364 g/mol. The van der Waals surface area contributed by atoms with Gasteiger partial charge in [0.05, 0.1) is 30.5 Å². The van der Waals surface area contributed by atoms with E-state index in [1.165, 1.54) is 30.3 Å². The van der Waals surface area contributed by atoms with E-state index in [0.717, 1.165) is 11.6 Å². The van der Waals surface area contributed by atoms with E-state index in [2.05, 4.69) is 5.32 Å². The Kier molecular flexibility index (Phi) is 5.76. The summed E-state index contributed by atoms with van der Waals surface area (Å²) in [6.07, 6.45) is -4.87. The van der Waals surface area contributed by atoms with Crippen LogP contribution in [0.1, 0.15) is 17.2 Å². The molecule has 1 unspecified atom stereocenters. The summed E-state index contributed by atoms with van der Waals surface area (Å²) in [5.41, 5.74) is -0.369. The van der Waals surface area contributed by atoms with Gasteiger partial charge in [0.2, 0.25) is 5.91 Å². The van der Waals surface area contributed by atoms with Crippen LogP contribution in [0.2, 0.25) is 0 Å². The van der Waals surface area contributed by atoms with Gasteiger partial charge in [0, 0.05) is 13.1 Å². The maximum absolute atomic E-state index is 13.0. The van der Waals surface area contributed by atoms with Gasteiger partial charge in [-0.25, -0.2) is 4.39 Å². The molecule has 8 heteroatoms. The maximum Gasteiger partial charge on any atom is 0.418 e. The second kappa shape index (κ2) is 8.06. The lowest BCUT2D eigenvalue weighted by Crippen LogP contribution is -2.42. The lowest BCUT2D eigenvalue weighted by Gasteiger charge is -2.32. The minimum atomic E-state index is -4.55. The summed E-state index contributed by atoms with van der Waals surface area (Å²) in [6, 6.07) is 10.7. The number of nitrogens with zero attached hydrogens (tertiary/aromatic N) is 1. The van der Waals surface area contributed by atoms with Crippen molar-refractivity contribution in [2.75, 3.05) is 31.6 Å². The SMILES string of the molecule is O=C(CN1CCOC(c2ccc(F)cc2)C1)Nc1ccccc1C(F)(F)F. The number of nitrogens with one attached hydrogen (secondary N) is 1. The highest BCUT2D eigenvalue weighted by Crippen LogP contribution is 2.34. The van der Waals surface area contributed by atoms with Crippen LogP contribution in [0, 0.1) is 5.82 Å². The van der Waals surface area contributed by atoms with Crippen LogP contribution in [-0.2, 0) is 15.7 Å². The summed E-state index contributed by atoms with van der Waals surface area (Å²) in [4.78, 5) is 14.0. The number of rotatable bonds is 4. The smallest absolute Gasteiger partial charge is 0.371 e. The third kappa shape index (κ3) is 5.05. The van der Waals surface area contributed by atoms with E-state index in [-0.39, 0.29) is 24.2 Å². The Morgan fingerprint density at radius 3 is 2.56 bits per heavy atom. The van der Waals surface area contributed by atoms with Gasteiger partial charge in [-0.05, 0) is 29.8 Å². The minimum absolute atomic E-state index is 0.0623. The number of carbonyl (C=O) groups is 1. The number of anilines is 1. The number of ether oxygens (including phenoxy) is 1. The van der Waals surface area contributed by atoms with Gasteiger partial charge in [0.15, 0.2) is 0 Å². The van der Waals surface area contributed by atoms with Crippen molar-refractivity contribution in [3.63, 3.8) is 0 Å². The second-order valence-corrected chi connectivity index (χ2v) is 6.24. The van der Waals surface area contributed by atoms with Gasteiger partial charge in [0.25, 0.3) is 0 Å². The number of hydrogen-bond donors (Lipinski definition) is 1. The Labute approximate surface area is 153 Å². The lowest BCUT2D eigenvalue weighted by molar-refractivity contribution is -0.137. The molecule has 1 fully saturated rings. The number of alkyl halides is 3. The highest BCUT2D eigenvalue weighted by molar-refractivity contribution is 5.93. The van der Waals surface area contributed by atoms with Crippen LogP contribution in [-0.4, -0.2) is 37.0 Å². The van der Waals surface area contributed by atoms with Crippen molar-refractivity contribution in [1.82, 2.24) is 4.90 Å². The predicted molar refractivity (Wildman–Crippen MR) is 91.6 cm³/mol. The van der Waals surface area contributed by atoms with E-state index >= 15 is 0 Å². The van der Waals surface area contributed by atoms with E-state index in [0.29, 0.717) is 19.7 Å². The molecule has 4 nitrogen and oxygen atoms in total. The number of morpholine rings is 1. The van der Waals surface area contributed by atoms with Gasteiger partial charge >= 0.3 is 6.18 Å². The molecule has 1 atom stereocenters. The fourth-order valence-electron chi connectivity index (χ4n) is 2.96. The molecular formula is C19H18F4N2O2. The lowest BCUT2D eigenvalue weighted by atomic mass is 10.1. The molecule has 2 aromatic carbocycles. The normalized spacial score (nSPS) is 18.3. The summed E-state index contributed by atoms with van der Waals surface area (Å²) in [5, 5.41) is 2.34. The Morgan fingerprint density at radius 2 is 1.85 bits per heavy atom. The van der Waals surface area contributed by atoms with E-state index in [9.17, 15) is 22.4 Å². The highest BCUT2D eigenvalue weighted by Gasteiger charge is 2.33. The Bertz CT molecular complexity index is 793. The van der Waals surface area contributed by atoms with Gasteiger partial charge in [-0.2, -0.15) is 13.2 Å². The van der Waals surface area contributed by atoms with Crippen molar-refractivity contribution in [1.29, 1.82) is 0 Å². The van der Waals surface area contributed by atoms with Crippen LogP contribution in [0.25, 0.3) is 0 Å². The fraction of sp³-hybridized carbons (Fsp3) is 0.316. The van der Waals surface area contributed by atoms with Crippen LogP contribution in [0.3, 0.4) is 0 Å². The summed E-state index contributed by atoms with van der Waals surface area (Å²) >= 11 is 0. The standard InChI is InChI=1S/C19H18F4N2O2/c20-14-7-5-13(6-8-14)17-11-25(9-10-27-17)12-18(26)24-16-4-2-1-3-15(16)19(21,22)23/h1-8,17H,9-12H2,(H,24,26). The molecule has 0 radical (unpaired) electrons. The summed E-state index contributed by atoms with van der Waals surface area (Å²) in [5.74, 6) is -0.888. The zero-order valence-corrected chi connectivity index (χ0v) is 14.3. The second-order valence-electron chi connectivity index (χ2n) is 6.24. The van der Waals surface area contributed by atoms with Crippen molar-refractivity contribution in [3.8, 4) is 0 Å². The average molecular weight is 382 g/mol. The summed E-state index contributed by atoms with van der Waals surface area (Å²) < 4.78 is 57.8. The number of carbonyl (C=O) groups excluding carboxylic acids is 1. The number of halogens is 4. The Balaban J connectivity index is 1.62. The molecule has 2 aromatic rings. The van der Waals surface area contributed by atoms with Crippen molar-refractivity contribution < 1.29 is 27.1 Å². The van der Waals surface area contributed by atoms with E-state index in [4.69, 9.17) is 4.74 Å². The molecule has 0 aliphatic carbocycles. The van der Waals surface area contributed by atoms with Crippen LogP contribution in [0.15, 0.2) is 48.5 Å². The first kappa shape index (κ1) is 19.3. The van der Waals surface area contributed by atoms with Crippen LogP contribution in [0.5, 0.6) is 0 Å². The zero-order valence-electron chi connectivity index (χ0n) is 14.3. The topological polar surface area (TPSA) is 41.6 Å². The molecule has 1 aliphatic rings. The van der Waals surface area contributed by atoms with E-state index < -0.39 is 17.6 Å². The number of amides is 1. The van der Waals surface area contributed by atoms with Crippen molar-refractivity contribution >= 4 is 11.6 Å². The van der Waals surface area contributed by atoms with Crippen LogP contribution < -0.4 is 5.32 Å². The molecule has 144 valence electrons. The third-order valence-electron chi connectivity index (χ3n) is 4.27. The first-order valence-electron chi connectivity index (χ1n) is 8.38. The largest absolute Gasteiger partial charge is 0.418 e. The molecule has 27 heavy (non-hydrogen) atoms. The molecule has 3 rings (SSSR count). The van der Waals surface area contributed by atoms with E-state index in [1.54, 1.807) is 17.0 Å². The Morgan fingerprint density at radius 1 is 1.15 bits per heavy atom. The summed E-state index contributed by atoms with van der Waals surface area (Å²) in [6.45, 7) is 1.17. The first-order valence-corrected chi connectivity index (χ1v) is 8.38. The van der Waals surface area contributed by atoms with Crippen LogP contribution in [0.4, 0.5) is 23.2 Å². The summed E-state index contributed by atoms with van der Waals surface area (Å²) in [7, 11) is 0. The van der Waals surface area contributed by atoms with Crippen molar-refractivity contribution in [2.24, 2.45) is 0 Å². The maximum atomic E-state index is 13.0. The predicted octanol–water partition coefficient (Wildman–Crippen LogP) is 3.86. The first-order chi connectivity index (χ1) is 12.8. The van der Waals surface area contributed by atoms with Gasteiger partial charge in [0.1, 0.15) is 5.82 Å². The molecule has 1 N–H and O–H groups in total. The Hall–Kier alpha value is -2.45. The number of hydrogen-bond acceptors (Lipinski definition) is 3. The molecule has 0 saturated carbocycles. The van der Waals surface area contributed by atoms with Gasteiger partial charge in [-0.1, -0.05) is 24.3 Å². The molecule has 1 heterocycles.